The standard InChI is InChI=1S/C23H18FN3O2/c24-18-10-4-3-8-16(18)15-7-1-2-9-17(15)22-20(13-25)27(21(22)14-28)23(29)19-11-5-6-12-26-19/h1-12,20-22,28H,14H2/t20-,21-,22-/m1/s1. The van der Waals surface area contributed by atoms with Crippen molar-refractivity contribution < 1.29 is 14.3 Å². The van der Waals surface area contributed by atoms with Crippen molar-refractivity contribution in [3.63, 3.8) is 0 Å². The molecule has 2 heterocycles. The van der Waals surface area contributed by atoms with E-state index in [4.69, 9.17) is 0 Å². The molecule has 1 N–H and O–H groups in total. The van der Waals surface area contributed by atoms with Crippen molar-refractivity contribution in [2.24, 2.45) is 0 Å². The van der Waals surface area contributed by atoms with Crippen molar-refractivity contribution >= 4 is 5.91 Å². The predicted molar refractivity (Wildman–Crippen MR) is 105 cm³/mol. The van der Waals surface area contributed by atoms with E-state index in [1.165, 1.54) is 17.2 Å². The number of rotatable bonds is 4. The molecule has 1 aliphatic rings. The highest BCUT2D eigenvalue weighted by Crippen LogP contribution is 2.44. The minimum atomic E-state index is -0.783. The highest BCUT2D eigenvalue weighted by Gasteiger charge is 2.52. The van der Waals surface area contributed by atoms with E-state index in [9.17, 15) is 19.6 Å². The van der Waals surface area contributed by atoms with Crippen LogP contribution in [0, 0.1) is 17.1 Å². The van der Waals surface area contributed by atoms with Crippen molar-refractivity contribution in [1.29, 1.82) is 5.26 Å². The SMILES string of the molecule is N#C[C@@H]1[C@@H](c2ccccc2-c2ccccc2F)[C@@H](CO)N1C(=O)c1ccccn1. The average molecular weight is 387 g/mol. The molecule has 2 aromatic carbocycles. The van der Waals surface area contributed by atoms with Crippen LogP contribution < -0.4 is 0 Å². The summed E-state index contributed by atoms with van der Waals surface area (Å²) in [5.41, 5.74) is 2.02. The first-order valence-corrected chi connectivity index (χ1v) is 9.25. The van der Waals surface area contributed by atoms with Crippen LogP contribution in [0.3, 0.4) is 0 Å². The minimum Gasteiger partial charge on any atom is -0.394 e. The van der Waals surface area contributed by atoms with Crippen LogP contribution in [0.25, 0.3) is 11.1 Å². The number of aliphatic hydroxyl groups is 1. The van der Waals surface area contributed by atoms with Crippen molar-refractivity contribution in [1.82, 2.24) is 9.88 Å². The smallest absolute Gasteiger partial charge is 0.273 e. The summed E-state index contributed by atoms with van der Waals surface area (Å²) in [4.78, 5) is 18.3. The van der Waals surface area contributed by atoms with E-state index >= 15 is 0 Å². The third kappa shape index (κ3) is 3.16. The van der Waals surface area contributed by atoms with Crippen LogP contribution in [0.15, 0.2) is 72.9 Å². The molecule has 0 bridgehead atoms. The zero-order chi connectivity index (χ0) is 20.4. The maximum absolute atomic E-state index is 14.4. The number of hydrogen-bond donors (Lipinski definition) is 1. The van der Waals surface area contributed by atoms with Crippen molar-refractivity contribution in [2.75, 3.05) is 6.61 Å². The second-order valence-corrected chi connectivity index (χ2v) is 6.84. The molecule has 6 heteroatoms. The van der Waals surface area contributed by atoms with Crippen molar-refractivity contribution in [2.45, 2.75) is 18.0 Å². The molecule has 144 valence electrons. The van der Waals surface area contributed by atoms with Gasteiger partial charge in [-0.1, -0.05) is 48.5 Å². The number of carbonyl (C=O) groups is 1. The number of aliphatic hydroxyl groups excluding tert-OH is 1. The van der Waals surface area contributed by atoms with E-state index in [2.05, 4.69) is 11.1 Å². The van der Waals surface area contributed by atoms with Gasteiger partial charge in [0.2, 0.25) is 0 Å². The maximum atomic E-state index is 14.4. The third-order valence-electron chi connectivity index (χ3n) is 5.33. The van der Waals surface area contributed by atoms with Crippen LogP contribution in [0.4, 0.5) is 4.39 Å². The van der Waals surface area contributed by atoms with Crippen LogP contribution in [-0.2, 0) is 0 Å². The molecule has 1 aromatic heterocycles. The monoisotopic (exact) mass is 387 g/mol. The third-order valence-corrected chi connectivity index (χ3v) is 5.33. The van der Waals surface area contributed by atoms with Gasteiger partial charge in [-0.25, -0.2) is 4.39 Å². The highest BCUT2D eigenvalue weighted by atomic mass is 19.1. The quantitative estimate of drug-likeness (QED) is 0.745. The number of amides is 1. The van der Waals surface area contributed by atoms with E-state index in [1.807, 2.05) is 12.1 Å². The van der Waals surface area contributed by atoms with Crippen LogP contribution in [0.2, 0.25) is 0 Å². The van der Waals surface area contributed by atoms with E-state index in [0.717, 1.165) is 5.56 Å². The Kier molecular flexibility index (Phi) is 5.07. The van der Waals surface area contributed by atoms with Gasteiger partial charge in [-0.2, -0.15) is 5.26 Å². The summed E-state index contributed by atoms with van der Waals surface area (Å²) >= 11 is 0. The molecule has 0 saturated carbocycles. The number of pyridine rings is 1. The molecule has 5 nitrogen and oxygen atoms in total. The summed E-state index contributed by atoms with van der Waals surface area (Å²) in [6, 6.07) is 19.4. The number of nitrogens with zero attached hydrogens (tertiary/aromatic N) is 3. The molecule has 1 fully saturated rings. The molecule has 0 unspecified atom stereocenters. The van der Waals surface area contributed by atoms with Gasteiger partial charge in [-0.05, 0) is 29.3 Å². The lowest BCUT2D eigenvalue weighted by molar-refractivity contribution is -0.00616. The molecule has 0 radical (unpaired) electrons. The Morgan fingerprint density at radius 2 is 1.76 bits per heavy atom. The second kappa shape index (κ2) is 7.82. The summed E-state index contributed by atoms with van der Waals surface area (Å²) in [7, 11) is 0. The first-order chi connectivity index (χ1) is 14.2. The summed E-state index contributed by atoms with van der Waals surface area (Å²) in [5.74, 6) is -1.21. The fraction of sp³-hybridized carbons (Fsp3) is 0.174. The van der Waals surface area contributed by atoms with Gasteiger partial charge in [0.05, 0.1) is 18.7 Å². The highest BCUT2D eigenvalue weighted by molar-refractivity contribution is 5.94. The summed E-state index contributed by atoms with van der Waals surface area (Å²) < 4.78 is 14.4. The molecule has 4 rings (SSSR count). The molecule has 29 heavy (non-hydrogen) atoms. The molecular formula is C23H18FN3O2. The second-order valence-electron chi connectivity index (χ2n) is 6.84. The van der Waals surface area contributed by atoms with Gasteiger partial charge in [0.15, 0.2) is 0 Å². The van der Waals surface area contributed by atoms with Gasteiger partial charge in [-0.3, -0.25) is 9.78 Å². The van der Waals surface area contributed by atoms with Gasteiger partial charge in [0, 0.05) is 17.7 Å². The molecule has 3 aromatic rings. The lowest BCUT2D eigenvalue weighted by atomic mass is 9.73. The van der Waals surface area contributed by atoms with E-state index in [0.29, 0.717) is 11.1 Å². The normalized spacial score (nSPS) is 20.6. The Hall–Kier alpha value is -3.56. The van der Waals surface area contributed by atoms with Crippen molar-refractivity contribution in [3.05, 3.63) is 90.0 Å². The number of benzene rings is 2. The van der Waals surface area contributed by atoms with Gasteiger partial charge in [0.25, 0.3) is 5.91 Å². The Morgan fingerprint density at radius 1 is 1.07 bits per heavy atom. The van der Waals surface area contributed by atoms with E-state index in [1.54, 1.807) is 48.5 Å². The Labute approximate surface area is 167 Å². The number of aromatic nitrogens is 1. The first kappa shape index (κ1) is 18.8. The molecule has 1 amide bonds. The van der Waals surface area contributed by atoms with Gasteiger partial charge in [0.1, 0.15) is 17.6 Å². The van der Waals surface area contributed by atoms with E-state index < -0.39 is 23.9 Å². The summed E-state index contributed by atoms with van der Waals surface area (Å²) in [6.07, 6.45) is 1.51. The molecule has 1 saturated heterocycles. The summed E-state index contributed by atoms with van der Waals surface area (Å²) in [6.45, 7) is -0.312. The molecular weight excluding hydrogens is 369 g/mol. The van der Waals surface area contributed by atoms with Crippen LogP contribution >= 0.6 is 0 Å². The van der Waals surface area contributed by atoms with Crippen LogP contribution in [-0.4, -0.2) is 39.6 Å². The van der Waals surface area contributed by atoms with E-state index in [-0.39, 0.29) is 18.1 Å². The van der Waals surface area contributed by atoms with Crippen LogP contribution in [0.5, 0.6) is 0 Å². The molecule has 0 aliphatic carbocycles. The molecule has 3 atom stereocenters. The zero-order valence-corrected chi connectivity index (χ0v) is 15.4. The largest absolute Gasteiger partial charge is 0.394 e. The summed E-state index contributed by atoms with van der Waals surface area (Å²) in [5, 5.41) is 19.8. The first-order valence-electron chi connectivity index (χ1n) is 9.25. The topological polar surface area (TPSA) is 77.2 Å². The number of hydrogen-bond acceptors (Lipinski definition) is 4. The van der Waals surface area contributed by atoms with Gasteiger partial charge >= 0.3 is 0 Å². The fourth-order valence-corrected chi connectivity index (χ4v) is 3.99. The van der Waals surface area contributed by atoms with Gasteiger partial charge in [-0.15, -0.1) is 0 Å². The lowest BCUT2D eigenvalue weighted by Gasteiger charge is -2.51. The minimum absolute atomic E-state index is 0.215. The lowest BCUT2D eigenvalue weighted by Crippen LogP contribution is -2.65. The molecule has 1 aliphatic heterocycles. The number of halogens is 1. The molecule has 0 spiro atoms. The fourth-order valence-electron chi connectivity index (χ4n) is 3.99. The Balaban J connectivity index is 1.75. The zero-order valence-electron chi connectivity index (χ0n) is 15.4. The van der Waals surface area contributed by atoms with Gasteiger partial charge < -0.3 is 10.0 Å². The number of likely N-dealkylation sites (tertiary alicyclic amines) is 1. The average Bonchev–Trinajstić information content (AvgIpc) is 2.75. The number of nitriles is 1. The maximum Gasteiger partial charge on any atom is 0.273 e. The number of carbonyl (C=O) groups excluding carboxylic acids is 1. The predicted octanol–water partition coefficient (Wildman–Crippen LogP) is 3.38. The Bertz CT molecular complexity index is 1080. The van der Waals surface area contributed by atoms with Crippen molar-refractivity contribution in [3.8, 4) is 17.2 Å². The van der Waals surface area contributed by atoms with Crippen LogP contribution in [0.1, 0.15) is 22.0 Å². The Morgan fingerprint density at radius 3 is 2.41 bits per heavy atom.